The van der Waals surface area contributed by atoms with Crippen molar-refractivity contribution < 1.29 is 13.6 Å². The number of carbonyl (C=O) groups is 1. The molecule has 0 aliphatic carbocycles. The highest BCUT2D eigenvalue weighted by Crippen LogP contribution is 2.26. The van der Waals surface area contributed by atoms with E-state index in [1.165, 1.54) is 12.1 Å². The number of nitrogen functional groups attached to an aromatic ring is 1. The molecule has 0 aliphatic rings. The molecule has 2 nitrogen and oxygen atoms in total. The van der Waals surface area contributed by atoms with E-state index in [-0.39, 0.29) is 21.8 Å². The molecule has 0 fully saturated rings. The first-order chi connectivity index (χ1) is 8.50. The lowest BCUT2D eigenvalue weighted by Gasteiger charge is -2.07. The second kappa shape index (κ2) is 4.74. The molecule has 2 aromatic carbocycles. The van der Waals surface area contributed by atoms with Crippen molar-refractivity contribution in [3.8, 4) is 0 Å². The fraction of sp³-hybridized carbons (Fsp3) is 0. The summed E-state index contributed by atoms with van der Waals surface area (Å²) in [5, 5.41) is 0.128. The van der Waals surface area contributed by atoms with E-state index >= 15 is 0 Å². The fourth-order valence-electron chi connectivity index (χ4n) is 1.59. The summed E-state index contributed by atoms with van der Waals surface area (Å²) in [4.78, 5) is 12.1. The number of hydrogen-bond acceptors (Lipinski definition) is 2. The van der Waals surface area contributed by atoms with Crippen LogP contribution in [0.15, 0.2) is 36.4 Å². The molecule has 5 heteroatoms. The Kier molecular flexibility index (Phi) is 3.30. The Morgan fingerprint density at radius 3 is 2.50 bits per heavy atom. The maximum Gasteiger partial charge on any atom is 0.199 e. The molecule has 2 rings (SSSR count). The molecule has 2 N–H and O–H groups in total. The number of anilines is 1. The van der Waals surface area contributed by atoms with Crippen LogP contribution >= 0.6 is 11.6 Å². The number of ketones is 1. The van der Waals surface area contributed by atoms with Gasteiger partial charge in [-0.05, 0) is 24.3 Å². The number of hydrogen-bond donors (Lipinski definition) is 1. The van der Waals surface area contributed by atoms with Crippen molar-refractivity contribution in [3.05, 3.63) is 64.2 Å². The van der Waals surface area contributed by atoms with Crippen LogP contribution < -0.4 is 5.73 Å². The molecule has 0 heterocycles. The van der Waals surface area contributed by atoms with Crippen LogP contribution in [0.25, 0.3) is 0 Å². The Labute approximate surface area is 107 Å². The van der Waals surface area contributed by atoms with Gasteiger partial charge < -0.3 is 5.73 Å². The molecule has 0 spiro atoms. The van der Waals surface area contributed by atoms with Crippen LogP contribution in [0, 0.1) is 11.6 Å². The zero-order chi connectivity index (χ0) is 13.3. The van der Waals surface area contributed by atoms with Crippen LogP contribution in [0.5, 0.6) is 0 Å². The first kappa shape index (κ1) is 12.5. The van der Waals surface area contributed by atoms with Gasteiger partial charge in [-0.25, -0.2) is 8.78 Å². The Morgan fingerprint density at radius 1 is 1.17 bits per heavy atom. The third kappa shape index (κ3) is 2.19. The minimum atomic E-state index is -0.945. The van der Waals surface area contributed by atoms with Crippen molar-refractivity contribution in [1.29, 1.82) is 0 Å². The smallest absolute Gasteiger partial charge is 0.199 e. The molecule has 18 heavy (non-hydrogen) atoms. The molecular formula is C13H8ClF2NO. The van der Waals surface area contributed by atoms with E-state index in [0.29, 0.717) is 6.07 Å². The summed E-state index contributed by atoms with van der Waals surface area (Å²) < 4.78 is 26.3. The summed E-state index contributed by atoms with van der Waals surface area (Å²) >= 11 is 5.86. The molecule has 2 aromatic rings. The van der Waals surface area contributed by atoms with Gasteiger partial charge in [-0.2, -0.15) is 0 Å². The maximum absolute atomic E-state index is 13.5. The van der Waals surface area contributed by atoms with Crippen molar-refractivity contribution in [3.63, 3.8) is 0 Å². The van der Waals surface area contributed by atoms with Gasteiger partial charge in [-0.1, -0.05) is 17.7 Å². The number of nitrogens with two attached hydrogens (primary N) is 1. The first-order valence-corrected chi connectivity index (χ1v) is 5.42. The zero-order valence-electron chi connectivity index (χ0n) is 9.08. The molecule has 0 radical (unpaired) electrons. The van der Waals surface area contributed by atoms with Gasteiger partial charge in [0.1, 0.15) is 11.6 Å². The van der Waals surface area contributed by atoms with E-state index < -0.39 is 17.4 Å². The van der Waals surface area contributed by atoms with Crippen LogP contribution in [-0.4, -0.2) is 5.78 Å². The monoisotopic (exact) mass is 267 g/mol. The summed E-state index contributed by atoms with van der Waals surface area (Å²) in [6.07, 6.45) is 0. The second-order valence-corrected chi connectivity index (χ2v) is 4.06. The quantitative estimate of drug-likeness (QED) is 0.669. The van der Waals surface area contributed by atoms with Crippen molar-refractivity contribution in [2.24, 2.45) is 0 Å². The van der Waals surface area contributed by atoms with Crippen molar-refractivity contribution in [2.45, 2.75) is 0 Å². The number of benzene rings is 2. The van der Waals surface area contributed by atoms with Crippen molar-refractivity contribution in [1.82, 2.24) is 0 Å². The highest BCUT2D eigenvalue weighted by atomic mass is 35.5. The highest BCUT2D eigenvalue weighted by Gasteiger charge is 2.19. The Bertz CT molecular complexity index is 608. The minimum Gasteiger partial charge on any atom is -0.398 e. The lowest BCUT2D eigenvalue weighted by molar-refractivity contribution is 0.103. The average molecular weight is 268 g/mol. The van der Waals surface area contributed by atoms with Gasteiger partial charge in [0.05, 0.1) is 16.1 Å². The summed E-state index contributed by atoms with van der Waals surface area (Å²) in [5.41, 5.74) is 5.54. The van der Waals surface area contributed by atoms with Crippen molar-refractivity contribution >= 4 is 23.1 Å². The first-order valence-electron chi connectivity index (χ1n) is 5.04. The largest absolute Gasteiger partial charge is 0.398 e. The third-order valence-electron chi connectivity index (χ3n) is 2.45. The highest BCUT2D eigenvalue weighted by molar-refractivity contribution is 6.35. The molecule has 0 saturated heterocycles. The molecule has 0 amide bonds. The van der Waals surface area contributed by atoms with E-state index in [2.05, 4.69) is 0 Å². The number of halogens is 3. The topological polar surface area (TPSA) is 43.1 Å². The molecule has 0 atom stereocenters. The Morgan fingerprint density at radius 2 is 1.89 bits per heavy atom. The van der Waals surface area contributed by atoms with Crippen LogP contribution in [0.4, 0.5) is 14.5 Å². The van der Waals surface area contributed by atoms with E-state index in [1.807, 2.05) is 0 Å². The van der Waals surface area contributed by atoms with Crippen LogP contribution in [0.2, 0.25) is 5.02 Å². The minimum absolute atomic E-state index is 0.0182. The summed E-state index contributed by atoms with van der Waals surface area (Å²) in [7, 11) is 0. The van der Waals surface area contributed by atoms with Gasteiger partial charge in [-0.15, -0.1) is 0 Å². The van der Waals surface area contributed by atoms with E-state index in [4.69, 9.17) is 17.3 Å². The van der Waals surface area contributed by atoms with Gasteiger partial charge >= 0.3 is 0 Å². The van der Waals surface area contributed by atoms with Gasteiger partial charge in [0.25, 0.3) is 0 Å². The van der Waals surface area contributed by atoms with Gasteiger partial charge in [-0.3, -0.25) is 4.79 Å². The van der Waals surface area contributed by atoms with Gasteiger partial charge in [0.2, 0.25) is 0 Å². The molecule has 0 bridgehead atoms. The average Bonchev–Trinajstić information content (AvgIpc) is 2.28. The van der Waals surface area contributed by atoms with Crippen LogP contribution in [-0.2, 0) is 0 Å². The predicted octanol–water partition coefficient (Wildman–Crippen LogP) is 3.43. The summed E-state index contributed by atoms with van der Waals surface area (Å²) in [5.74, 6) is -2.37. The lowest BCUT2D eigenvalue weighted by Crippen LogP contribution is -2.08. The number of rotatable bonds is 2. The molecular weight excluding hydrogens is 260 g/mol. The SMILES string of the molecule is Nc1cccc(Cl)c1C(=O)c1ccc(F)cc1F. The van der Waals surface area contributed by atoms with Gasteiger partial charge in [0.15, 0.2) is 5.78 Å². The van der Waals surface area contributed by atoms with Crippen LogP contribution in [0.3, 0.4) is 0 Å². The molecule has 0 aromatic heterocycles. The van der Waals surface area contributed by atoms with E-state index in [0.717, 1.165) is 12.1 Å². The lowest BCUT2D eigenvalue weighted by atomic mass is 10.0. The maximum atomic E-state index is 13.5. The zero-order valence-corrected chi connectivity index (χ0v) is 9.84. The second-order valence-electron chi connectivity index (χ2n) is 3.66. The predicted molar refractivity (Wildman–Crippen MR) is 65.7 cm³/mol. The van der Waals surface area contributed by atoms with Gasteiger partial charge in [0, 0.05) is 11.8 Å². The summed E-state index contributed by atoms with van der Waals surface area (Å²) in [6.45, 7) is 0. The standard InChI is InChI=1S/C13H8ClF2NO/c14-9-2-1-3-11(17)12(9)13(18)8-5-4-7(15)6-10(8)16/h1-6H,17H2. The molecule has 0 aliphatic heterocycles. The molecule has 0 saturated carbocycles. The number of carbonyl (C=O) groups excluding carboxylic acids is 1. The molecule has 92 valence electrons. The normalized spacial score (nSPS) is 10.4. The van der Waals surface area contributed by atoms with E-state index in [9.17, 15) is 13.6 Å². The Hall–Kier alpha value is -1.94. The third-order valence-corrected chi connectivity index (χ3v) is 2.76. The Balaban J connectivity index is 2.55. The van der Waals surface area contributed by atoms with Crippen LogP contribution in [0.1, 0.15) is 15.9 Å². The summed E-state index contributed by atoms with van der Waals surface area (Å²) in [6, 6.07) is 7.25. The fourth-order valence-corrected chi connectivity index (χ4v) is 1.86. The molecule has 0 unspecified atom stereocenters. The van der Waals surface area contributed by atoms with E-state index in [1.54, 1.807) is 6.07 Å². The van der Waals surface area contributed by atoms with Crippen molar-refractivity contribution in [2.75, 3.05) is 5.73 Å².